The van der Waals surface area contributed by atoms with Crippen LogP contribution < -0.4 is 10.5 Å². The number of amides is 1. The van der Waals surface area contributed by atoms with Gasteiger partial charge in [0.25, 0.3) is 5.56 Å². The van der Waals surface area contributed by atoms with Gasteiger partial charge in [0.2, 0.25) is 5.91 Å². The second-order valence-electron chi connectivity index (χ2n) is 9.14. The number of thiophene rings is 1. The summed E-state index contributed by atoms with van der Waals surface area (Å²) < 4.78 is 1.47. The van der Waals surface area contributed by atoms with Crippen molar-refractivity contribution in [2.75, 3.05) is 11.4 Å². The molecule has 0 spiro atoms. The molecule has 6 heteroatoms. The number of aromatic nitrogens is 2. The van der Waals surface area contributed by atoms with E-state index in [2.05, 4.69) is 25.8 Å². The van der Waals surface area contributed by atoms with Crippen LogP contribution in [0.5, 0.6) is 0 Å². The molecule has 0 saturated heterocycles. The van der Waals surface area contributed by atoms with E-state index < -0.39 is 0 Å². The van der Waals surface area contributed by atoms with E-state index in [1.54, 1.807) is 16.2 Å². The molecular weight excluding hydrogens is 394 g/mol. The van der Waals surface area contributed by atoms with Crippen molar-refractivity contribution in [2.45, 2.75) is 53.5 Å². The summed E-state index contributed by atoms with van der Waals surface area (Å²) >= 11 is 1.65. The molecule has 4 rings (SSSR count). The van der Waals surface area contributed by atoms with Gasteiger partial charge < -0.3 is 4.90 Å². The maximum absolute atomic E-state index is 13.3. The van der Waals surface area contributed by atoms with E-state index in [9.17, 15) is 9.59 Å². The minimum atomic E-state index is -0.108. The van der Waals surface area contributed by atoms with Crippen LogP contribution in [0.25, 0.3) is 10.2 Å². The zero-order valence-corrected chi connectivity index (χ0v) is 19.0. The molecule has 0 fully saturated rings. The molecule has 1 aliphatic rings. The lowest BCUT2D eigenvalue weighted by atomic mass is 9.72. The van der Waals surface area contributed by atoms with E-state index in [0.29, 0.717) is 12.5 Å². The van der Waals surface area contributed by atoms with E-state index in [1.807, 2.05) is 37.3 Å². The number of para-hydroxylation sites is 1. The van der Waals surface area contributed by atoms with Crippen molar-refractivity contribution >= 4 is 33.1 Å². The van der Waals surface area contributed by atoms with Gasteiger partial charge in [-0.15, -0.1) is 11.3 Å². The summed E-state index contributed by atoms with van der Waals surface area (Å²) in [5.41, 5.74) is 2.16. The van der Waals surface area contributed by atoms with Crippen molar-refractivity contribution in [1.82, 2.24) is 9.55 Å². The molecule has 1 unspecified atom stereocenters. The predicted molar refractivity (Wildman–Crippen MR) is 123 cm³/mol. The van der Waals surface area contributed by atoms with E-state index in [0.717, 1.165) is 40.7 Å². The highest BCUT2D eigenvalue weighted by atomic mass is 32.1. The zero-order chi connectivity index (χ0) is 21.5. The smallest absolute Gasteiger partial charge is 0.262 e. The van der Waals surface area contributed by atoms with Crippen LogP contribution in [0.3, 0.4) is 0 Å². The fourth-order valence-corrected chi connectivity index (χ4v) is 5.65. The van der Waals surface area contributed by atoms with Gasteiger partial charge in [-0.25, -0.2) is 4.98 Å². The molecular formula is C24H29N3O2S. The molecule has 5 nitrogen and oxygen atoms in total. The fourth-order valence-electron chi connectivity index (χ4n) is 4.39. The Bertz CT molecular complexity index is 1130. The van der Waals surface area contributed by atoms with Crippen molar-refractivity contribution in [2.24, 2.45) is 11.3 Å². The SMILES string of the molecule is CCN(C(=O)Cn1cnc2sc3c(c2c1=O)CCC(C(C)(C)C)C3)c1ccccc1. The standard InChI is InChI=1S/C24H29N3O2S/c1-5-27(17-9-7-6-8-10-17)20(28)14-26-15-25-22-21(23(26)29)18-12-11-16(24(2,3)4)13-19(18)30-22/h6-10,15-16H,5,11-14H2,1-4H3. The number of carbonyl (C=O) groups is 1. The number of fused-ring (bicyclic) bond motifs is 3. The molecule has 0 N–H and O–H groups in total. The average molecular weight is 424 g/mol. The third-order valence-corrected chi connectivity index (χ3v) is 7.41. The third kappa shape index (κ3) is 3.81. The quantitative estimate of drug-likeness (QED) is 0.613. The van der Waals surface area contributed by atoms with Crippen LogP contribution in [0, 0.1) is 11.3 Å². The highest BCUT2D eigenvalue weighted by Gasteiger charge is 2.31. The van der Waals surface area contributed by atoms with Crippen molar-refractivity contribution in [3.63, 3.8) is 0 Å². The molecule has 1 amide bonds. The van der Waals surface area contributed by atoms with Crippen molar-refractivity contribution < 1.29 is 4.79 Å². The molecule has 158 valence electrons. The number of hydrogen-bond acceptors (Lipinski definition) is 4. The van der Waals surface area contributed by atoms with Gasteiger partial charge in [-0.1, -0.05) is 39.0 Å². The fraction of sp³-hybridized carbons (Fsp3) is 0.458. The van der Waals surface area contributed by atoms with E-state index in [4.69, 9.17) is 0 Å². The topological polar surface area (TPSA) is 55.2 Å². The molecule has 1 atom stereocenters. The lowest BCUT2D eigenvalue weighted by molar-refractivity contribution is -0.119. The van der Waals surface area contributed by atoms with Crippen molar-refractivity contribution in [1.29, 1.82) is 0 Å². The first-order valence-electron chi connectivity index (χ1n) is 10.6. The first kappa shape index (κ1) is 20.8. The lowest BCUT2D eigenvalue weighted by Gasteiger charge is -2.33. The van der Waals surface area contributed by atoms with Gasteiger partial charge in [0.05, 0.1) is 11.7 Å². The van der Waals surface area contributed by atoms with Gasteiger partial charge in [0.1, 0.15) is 11.4 Å². The van der Waals surface area contributed by atoms with Gasteiger partial charge in [-0.2, -0.15) is 0 Å². The Labute approximate surface area is 181 Å². The van der Waals surface area contributed by atoms with Crippen molar-refractivity contribution in [3.8, 4) is 0 Å². The maximum atomic E-state index is 13.3. The summed E-state index contributed by atoms with van der Waals surface area (Å²) in [7, 11) is 0. The number of nitrogens with zero attached hydrogens (tertiary/aromatic N) is 3. The maximum Gasteiger partial charge on any atom is 0.262 e. The minimum absolute atomic E-state index is 0.000254. The van der Waals surface area contributed by atoms with Crippen LogP contribution in [0.4, 0.5) is 5.69 Å². The van der Waals surface area contributed by atoms with Crippen LogP contribution >= 0.6 is 11.3 Å². The third-order valence-electron chi connectivity index (χ3n) is 6.25. The van der Waals surface area contributed by atoms with E-state index in [1.165, 1.54) is 15.8 Å². The number of rotatable bonds is 4. The summed E-state index contributed by atoms with van der Waals surface area (Å²) in [6.07, 6.45) is 4.55. The largest absolute Gasteiger partial charge is 0.311 e. The van der Waals surface area contributed by atoms with Gasteiger partial charge in [-0.05, 0) is 55.2 Å². The molecule has 1 aromatic carbocycles. The van der Waals surface area contributed by atoms with Gasteiger partial charge >= 0.3 is 0 Å². The molecule has 3 aromatic rings. The van der Waals surface area contributed by atoms with Crippen LogP contribution in [-0.4, -0.2) is 22.0 Å². The Kier molecular flexibility index (Phi) is 5.53. The molecule has 0 saturated carbocycles. The van der Waals surface area contributed by atoms with Gasteiger partial charge in [-0.3, -0.25) is 14.2 Å². The molecule has 2 aromatic heterocycles. The first-order valence-corrected chi connectivity index (χ1v) is 11.5. The Hall–Kier alpha value is -2.47. The van der Waals surface area contributed by atoms with E-state index >= 15 is 0 Å². The summed E-state index contributed by atoms with van der Waals surface area (Å²) in [5, 5.41) is 0.723. The predicted octanol–water partition coefficient (Wildman–Crippen LogP) is 4.66. The van der Waals surface area contributed by atoms with Crippen LogP contribution in [0.15, 0.2) is 41.5 Å². The minimum Gasteiger partial charge on any atom is -0.311 e. The van der Waals surface area contributed by atoms with Crippen LogP contribution in [0.1, 0.15) is 44.6 Å². The van der Waals surface area contributed by atoms with Crippen LogP contribution in [-0.2, 0) is 24.2 Å². The van der Waals surface area contributed by atoms with Gasteiger partial charge in [0.15, 0.2) is 0 Å². The Morgan fingerprint density at radius 1 is 1.27 bits per heavy atom. The molecule has 0 aliphatic heterocycles. The van der Waals surface area contributed by atoms with E-state index in [-0.39, 0.29) is 23.4 Å². The average Bonchev–Trinajstić information content (AvgIpc) is 3.09. The second kappa shape index (κ2) is 7.99. The molecule has 0 radical (unpaired) electrons. The molecule has 1 aliphatic carbocycles. The number of carbonyl (C=O) groups excluding carboxylic acids is 1. The highest BCUT2D eigenvalue weighted by molar-refractivity contribution is 7.18. The molecule has 30 heavy (non-hydrogen) atoms. The summed E-state index contributed by atoms with van der Waals surface area (Å²) in [6.45, 7) is 9.36. The lowest BCUT2D eigenvalue weighted by Crippen LogP contribution is -2.36. The summed E-state index contributed by atoms with van der Waals surface area (Å²) in [5.74, 6) is 0.509. The molecule has 2 heterocycles. The monoisotopic (exact) mass is 423 g/mol. The number of benzene rings is 1. The normalized spacial score (nSPS) is 16.5. The zero-order valence-electron chi connectivity index (χ0n) is 18.1. The van der Waals surface area contributed by atoms with Crippen LogP contribution in [0.2, 0.25) is 0 Å². The number of likely N-dealkylation sites (N-methyl/N-ethyl adjacent to an activating group) is 1. The number of hydrogen-bond donors (Lipinski definition) is 0. The summed E-state index contributed by atoms with van der Waals surface area (Å²) in [4.78, 5) is 34.6. The van der Waals surface area contributed by atoms with Crippen molar-refractivity contribution in [3.05, 3.63) is 57.5 Å². The first-order chi connectivity index (χ1) is 14.3. The molecule has 0 bridgehead atoms. The second-order valence-corrected chi connectivity index (χ2v) is 10.2. The Balaban J connectivity index is 1.65. The number of aryl methyl sites for hydroxylation is 1. The van der Waals surface area contributed by atoms with Gasteiger partial charge in [0, 0.05) is 17.1 Å². The Morgan fingerprint density at radius 3 is 2.67 bits per heavy atom. The summed E-state index contributed by atoms with van der Waals surface area (Å²) in [6, 6.07) is 9.56. The highest BCUT2D eigenvalue weighted by Crippen LogP contribution is 2.41. The number of anilines is 1. The Morgan fingerprint density at radius 2 is 2.00 bits per heavy atom.